The number of rotatable bonds is 5. The van der Waals surface area contributed by atoms with E-state index in [9.17, 15) is 4.79 Å². The van der Waals surface area contributed by atoms with Gasteiger partial charge in [-0.3, -0.25) is 4.79 Å². The first-order chi connectivity index (χ1) is 9.26. The molecule has 98 valence electrons. The molecule has 2 heteroatoms. The number of benzene rings is 2. The zero-order valence-electron chi connectivity index (χ0n) is 11.0. The van der Waals surface area contributed by atoms with Gasteiger partial charge in [-0.25, -0.2) is 0 Å². The number of aliphatic hydroxyl groups excluding tert-OH is 1. The predicted octanol–water partition coefficient (Wildman–Crippen LogP) is 3.55. The average Bonchev–Trinajstić information content (AvgIpc) is 2.49. The molecule has 0 spiro atoms. The zero-order valence-corrected chi connectivity index (χ0v) is 11.0. The van der Waals surface area contributed by atoms with Crippen LogP contribution < -0.4 is 0 Å². The molecule has 1 atom stereocenters. The minimum Gasteiger partial charge on any atom is -0.396 e. The molecule has 0 amide bonds. The third-order valence-electron chi connectivity index (χ3n) is 3.36. The molecule has 2 nitrogen and oxygen atoms in total. The Morgan fingerprint density at radius 3 is 2.11 bits per heavy atom. The summed E-state index contributed by atoms with van der Waals surface area (Å²) in [5, 5.41) is 9.17. The van der Waals surface area contributed by atoms with E-state index in [0.717, 1.165) is 11.1 Å². The van der Waals surface area contributed by atoms with Crippen LogP contribution in [0.1, 0.15) is 23.7 Å². The number of hydrogen-bond acceptors (Lipinski definition) is 2. The fourth-order valence-corrected chi connectivity index (χ4v) is 2.09. The topological polar surface area (TPSA) is 37.3 Å². The second-order valence-electron chi connectivity index (χ2n) is 4.60. The SMILES string of the molecule is CCC(CO)C(=O)c1ccc(-c2ccccc2)cc1. The Morgan fingerprint density at radius 1 is 1.00 bits per heavy atom. The molecule has 0 radical (unpaired) electrons. The molecule has 1 N–H and O–H groups in total. The Morgan fingerprint density at radius 2 is 1.58 bits per heavy atom. The molecule has 0 saturated carbocycles. The van der Waals surface area contributed by atoms with Crippen LogP contribution in [0.4, 0.5) is 0 Å². The van der Waals surface area contributed by atoms with Crippen molar-refractivity contribution >= 4 is 5.78 Å². The van der Waals surface area contributed by atoms with Crippen LogP contribution in [0.2, 0.25) is 0 Å². The molecule has 19 heavy (non-hydrogen) atoms. The predicted molar refractivity (Wildman–Crippen MR) is 77.1 cm³/mol. The fourth-order valence-electron chi connectivity index (χ4n) is 2.09. The van der Waals surface area contributed by atoms with Crippen molar-refractivity contribution in [1.29, 1.82) is 0 Å². The van der Waals surface area contributed by atoms with Gasteiger partial charge in [-0.15, -0.1) is 0 Å². The summed E-state index contributed by atoms with van der Waals surface area (Å²) in [6.45, 7) is 1.83. The number of carbonyl (C=O) groups excluding carboxylic acids is 1. The highest BCUT2D eigenvalue weighted by molar-refractivity contribution is 5.98. The van der Waals surface area contributed by atoms with Crippen molar-refractivity contribution in [2.75, 3.05) is 6.61 Å². The van der Waals surface area contributed by atoms with Gasteiger partial charge in [-0.2, -0.15) is 0 Å². The summed E-state index contributed by atoms with van der Waals surface area (Å²) in [6.07, 6.45) is 0.662. The maximum atomic E-state index is 12.1. The first-order valence-corrected chi connectivity index (χ1v) is 6.56. The molecule has 0 saturated heterocycles. The summed E-state index contributed by atoms with van der Waals surface area (Å²) < 4.78 is 0. The van der Waals surface area contributed by atoms with E-state index in [0.29, 0.717) is 12.0 Å². The molecule has 0 aliphatic heterocycles. The summed E-state index contributed by atoms with van der Waals surface area (Å²) in [5.74, 6) is -0.271. The van der Waals surface area contributed by atoms with E-state index in [1.165, 1.54) is 0 Å². The highest BCUT2D eigenvalue weighted by Gasteiger charge is 2.16. The number of ketones is 1. The molecule has 0 aliphatic carbocycles. The van der Waals surface area contributed by atoms with Crippen molar-refractivity contribution in [2.24, 2.45) is 5.92 Å². The van der Waals surface area contributed by atoms with Crippen LogP contribution in [0.15, 0.2) is 54.6 Å². The number of carbonyl (C=O) groups is 1. The molecule has 2 aromatic rings. The van der Waals surface area contributed by atoms with Gasteiger partial charge in [0.15, 0.2) is 5.78 Å². The van der Waals surface area contributed by atoms with Crippen LogP contribution in [-0.4, -0.2) is 17.5 Å². The average molecular weight is 254 g/mol. The largest absolute Gasteiger partial charge is 0.396 e. The molecular formula is C17H18O2. The van der Waals surface area contributed by atoms with Crippen molar-refractivity contribution in [2.45, 2.75) is 13.3 Å². The standard InChI is InChI=1S/C17H18O2/c1-2-13(12-18)17(19)16-10-8-15(9-11-16)14-6-4-3-5-7-14/h3-11,13,18H,2,12H2,1H3. The van der Waals surface area contributed by atoms with Crippen LogP contribution in [0, 0.1) is 5.92 Å². The lowest BCUT2D eigenvalue weighted by molar-refractivity contribution is 0.0856. The second-order valence-corrected chi connectivity index (χ2v) is 4.60. The smallest absolute Gasteiger partial charge is 0.168 e. The molecule has 0 aliphatic rings. The Labute approximate surface area is 113 Å². The summed E-state index contributed by atoms with van der Waals surface area (Å²) in [4.78, 5) is 12.1. The van der Waals surface area contributed by atoms with E-state index in [1.807, 2.05) is 61.5 Å². The van der Waals surface area contributed by atoms with Crippen LogP contribution in [0.5, 0.6) is 0 Å². The molecule has 2 aromatic carbocycles. The van der Waals surface area contributed by atoms with Gasteiger partial charge in [-0.05, 0) is 17.5 Å². The van der Waals surface area contributed by atoms with Gasteiger partial charge in [-0.1, -0.05) is 61.5 Å². The third kappa shape index (κ3) is 3.09. The van der Waals surface area contributed by atoms with Gasteiger partial charge in [0, 0.05) is 11.5 Å². The molecule has 0 bridgehead atoms. The van der Waals surface area contributed by atoms with Crippen molar-refractivity contribution in [3.05, 3.63) is 60.2 Å². The second kappa shape index (κ2) is 6.30. The van der Waals surface area contributed by atoms with Crippen molar-refractivity contribution < 1.29 is 9.90 Å². The summed E-state index contributed by atoms with van der Waals surface area (Å²) in [6, 6.07) is 17.6. The quantitative estimate of drug-likeness (QED) is 0.828. The third-order valence-corrected chi connectivity index (χ3v) is 3.36. The lowest BCUT2D eigenvalue weighted by atomic mass is 9.94. The number of aliphatic hydroxyl groups is 1. The highest BCUT2D eigenvalue weighted by atomic mass is 16.3. The lowest BCUT2D eigenvalue weighted by Gasteiger charge is -2.10. The van der Waals surface area contributed by atoms with E-state index in [2.05, 4.69) is 0 Å². The van der Waals surface area contributed by atoms with Crippen LogP contribution in [-0.2, 0) is 0 Å². The molecule has 1 unspecified atom stereocenters. The van der Waals surface area contributed by atoms with Gasteiger partial charge < -0.3 is 5.11 Å². The van der Waals surface area contributed by atoms with E-state index in [-0.39, 0.29) is 18.3 Å². The monoisotopic (exact) mass is 254 g/mol. The van der Waals surface area contributed by atoms with Gasteiger partial charge in [0.1, 0.15) is 0 Å². The van der Waals surface area contributed by atoms with Crippen molar-refractivity contribution in [3.8, 4) is 11.1 Å². The summed E-state index contributed by atoms with van der Waals surface area (Å²) in [5.41, 5.74) is 2.89. The first-order valence-electron chi connectivity index (χ1n) is 6.56. The minimum absolute atomic E-state index is 0.0182. The highest BCUT2D eigenvalue weighted by Crippen LogP contribution is 2.20. The maximum absolute atomic E-state index is 12.1. The van der Waals surface area contributed by atoms with Crippen LogP contribution in [0.25, 0.3) is 11.1 Å². The van der Waals surface area contributed by atoms with Crippen LogP contribution in [0.3, 0.4) is 0 Å². The van der Waals surface area contributed by atoms with Gasteiger partial charge in [0.05, 0.1) is 6.61 Å². The van der Waals surface area contributed by atoms with E-state index >= 15 is 0 Å². The van der Waals surface area contributed by atoms with Gasteiger partial charge >= 0.3 is 0 Å². The Hall–Kier alpha value is -1.93. The number of Topliss-reactive ketones (excluding diaryl/α,β-unsaturated/α-hetero) is 1. The van der Waals surface area contributed by atoms with E-state index < -0.39 is 0 Å². The van der Waals surface area contributed by atoms with E-state index in [4.69, 9.17) is 5.11 Å². The van der Waals surface area contributed by atoms with Gasteiger partial charge in [0.25, 0.3) is 0 Å². The molecule has 2 rings (SSSR count). The summed E-state index contributed by atoms with van der Waals surface area (Å²) >= 11 is 0. The molecule has 0 fully saturated rings. The van der Waals surface area contributed by atoms with Crippen LogP contribution >= 0.6 is 0 Å². The van der Waals surface area contributed by atoms with Crippen molar-refractivity contribution in [3.63, 3.8) is 0 Å². The Bertz CT molecular complexity index is 525. The first kappa shape index (κ1) is 13.5. The molecular weight excluding hydrogens is 236 g/mol. The minimum atomic E-state index is -0.289. The number of hydrogen-bond donors (Lipinski definition) is 1. The van der Waals surface area contributed by atoms with E-state index in [1.54, 1.807) is 0 Å². The maximum Gasteiger partial charge on any atom is 0.168 e. The van der Waals surface area contributed by atoms with Gasteiger partial charge in [0.2, 0.25) is 0 Å². The Kier molecular flexibility index (Phi) is 4.48. The molecule has 0 heterocycles. The Balaban J connectivity index is 2.22. The zero-order chi connectivity index (χ0) is 13.7. The molecule has 0 aromatic heterocycles. The lowest BCUT2D eigenvalue weighted by Crippen LogP contribution is -2.17. The summed E-state index contributed by atoms with van der Waals surface area (Å²) in [7, 11) is 0. The normalized spacial score (nSPS) is 12.1. The fraction of sp³-hybridized carbons (Fsp3) is 0.235. The van der Waals surface area contributed by atoms with Crippen molar-refractivity contribution in [1.82, 2.24) is 0 Å².